The maximum absolute atomic E-state index is 12.7. The van der Waals surface area contributed by atoms with E-state index in [1.165, 1.54) is 268 Å². The summed E-state index contributed by atoms with van der Waals surface area (Å²) >= 11 is 0. The van der Waals surface area contributed by atoms with E-state index in [4.69, 9.17) is 28.4 Å². The molecule has 604 valence electrons. The first-order valence-electron chi connectivity index (χ1n) is 44.5. The number of unbranched alkanes of at least 4 members (excludes halogenated alkanes) is 36. The van der Waals surface area contributed by atoms with Gasteiger partial charge in [-0.3, -0.25) is 0 Å². The molecule has 0 unspecified atom stereocenters. The number of likely N-dealkylation sites (N-methyl/N-ethyl adjacent to an activating group) is 2. The van der Waals surface area contributed by atoms with E-state index in [0.29, 0.717) is 13.2 Å². The molecule has 0 aliphatic carbocycles. The van der Waals surface area contributed by atoms with Crippen LogP contribution in [0.3, 0.4) is 0 Å². The summed E-state index contributed by atoms with van der Waals surface area (Å²) in [5.74, 6) is 3.78. The van der Waals surface area contributed by atoms with Gasteiger partial charge in [0, 0.05) is 26.2 Å². The maximum Gasteiger partial charge on any atom is 0.508 e. The summed E-state index contributed by atoms with van der Waals surface area (Å²) in [4.78, 5) is 17.4. The molecule has 0 amide bonds. The zero-order chi connectivity index (χ0) is 75.8. The molecule has 2 rings (SSSR count). The van der Waals surface area contributed by atoms with Crippen LogP contribution >= 0.6 is 0 Å². The van der Waals surface area contributed by atoms with E-state index in [1.54, 1.807) is 0 Å². The molecule has 2 aromatic carbocycles. The van der Waals surface area contributed by atoms with Gasteiger partial charge in [0.1, 0.15) is 23.0 Å². The van der Waals surface area contributed by atoms with Crippen LogP contribution in [0.5, 0.6) is 23.0 Å². The summed E-state index contributed by atoms with van der Waals surface area (Å²) in [6.07, 6.45) is 99.2. The van der Waals surface area contributed by atoms with E-state index >= 15 is 0 Å². The summed E-state index contributed by atoms with van der Waals surface area (Å²) < 4.78 is 36.9. The number of hydrogen-bond donors (Lipinski definition) is 0. The Balaban J connectivity index is 1.81. The Kier molecular flexibility index (Phi) is 71.2. The molecule has 9 heteroatoms. The minimum Gasteiger partial charge on any atom is -0.494 e. The molecular weight excluding hydrogens is 1310 g/mol. The number of ether oxygens (including phenoxy) is 6. The monoisotopic (exact) mass is 1470 g/mol. The lowest BCUT2D eigenvalue weighted by atomic mass is 10.1. The standard InChI is InChI=1S/C97H164N2O7/c1-7-11-15-19-23-27-31-35-39-43-47-51-55-59-63-67-83-101-93-73-75-95(103-85-69-65-61-57-53-49-45-41-37-33-29-25-21-17-13-9-3)91(89-93)77-81-98(5)79-71-87-105-97(100)106-88-72-80-99(6)82-78-92-90-94(102-84-68-64-60-56-52-48-44-40-36-32-28-24-20-16-12-8-2)74-76-96(92)104-86-70-66-62-58-54-50-46-42-38-34-30-26-22-18-14-10-4/h23-30,35-42,73-76,89-90H,7-22,31-34,43-72,77-88H2,1-6H3/b27-23-,28-24-,29-25-,30-26-,39-35-,40-36-,41-37-,42-38-. The first-order valence-corrected chi connectivity index (χ1v) is 44.5. The molecular formula is C97H164N2O7. The normalized spacial score (nSPS) is 12.2. The lowest BCUT2D eigenvalue weighted by Gasteiger charge is -2.19. The molecule has 0 radical (unpaired) electrons. The zero-order valence-corrected chi connectivity index (χ0v) is 69.8. The lowest BCUT2D eigenvalue weighted by molar-refractivity contribution is 0.0506. The number of benzene rings is 2. The molecule has 0 N–H and O–H groups in total. The maximum atomic E-state index is 12.7. The van der Waals surface area contributed by atoms with Gasteiger partial charge in [-0.1, -0.05) is 279 Å². The third-order valence-corrected chi connectivity index (χ3v) is 19.8. The fourth-order valence-corrected chi connectivity index (χ4v) is 12.9. The highest BCUT2D eigenvalue weighted by Gasteiger charge is 2.13. The Morgan fingerprint density at radius 2 is 0.519 bits per heavy atom. The van der Waals surface area contributed by atoms with Crippen molar-refractivity contribution >= 4 is 6.16 Å². The van der Waals surface area contributed by atoms with E-state index in [2.05, 4.69) is 185 Å². The van der Waals surface area contributed by atoms with Crippen LogP contribution in [-0.4, -0.2) is 95.9 Å². The molecule has 9 nitrogen and oxygen atoms in total. The van der Waals surface area contributed by atoms with Crippen LogP contribution in [0.1, 0.15) is 360 Å². The van der Waals surface area contributed by atoms with Crippen molar-refractivity contribution in [2.75, 3.05) is 79.9 Å². The van der Waals surface area contributed by atoms with Crippen LogP contribution in [0.25, 0.3) is 0 Å². The van der Waals surface area contributed by atoms with E-state index in [9.17, 15) is 4.79 Å². The molecule has 0 aliphatic heterocycles. The molecule has 0 heterocycles. The smallest absolute Gasteiger partial charge is 0.494 e. The summed E-state index contributed by atoms with van der Waals surface area (Å²) in [5, 5.41) is 0. The molecule has 106 heavy (non-hydrogen) atoms. The molecule has 0 aromatic heterocycles. The van der Waals surface area contributed by atoms with Crippen LogP contribution in [-0.2, 0) is 22.3 Å². The van der Waals surface area contributed by atoms with Gasteiger partial charge in [0.15, 0.2) is 0 Å². The van der Waals surface area contributed by atoms with Crippen molar-refractivity contribution in [1.29, 1.82) is 0 Å². The number of allylic oxidation sites excluding steroid dienone is 16. The average molecular weight is 1470 g/mol. The topological polar surface area (TPSA) is 78.9 Å². The first kappa shape index (κ1) is 96.8. The van der Waals surface area contributed by atoms with Crippen molar-refractivity contribution in [2.45, 2.75) is 362 Å². The van der Waals surface area contributed by atoms with Crippen LogP contribution in [0, 0.1) is 0 Å². The number of hydrogen-bond acceptors (Lipinski definition) is 9. The Bertz CT molecular complexity index is 2320. The Morgan fingerprint density at radius 3 is 0.792 bits per heavy atom. The summed E-state index contributed by atoms with van der Waals surface area (Å²) in [7, 11) is 4.29. The highest BCUT2D eigenvalue weighted by atomic mass is 16.7. The first-order chi connectivity index (χ1) is 52.4. The fourth-order valence-electron chi connectivity index (χ4n) is 12.9. The molecule has 0 aliphatic rings. The third-order valence-electron chi connectivity index (χ3n) is 19.8. The van der Waals surface area contributed by atoms with E-state index in [1.807, 2.05) is 0 Å². The summed E-state index contributed by atoms with van der Waals surface area (Å²) in [6, 6.07) is 12.8. The van der Waals surface area contributed by atoms with Crippen molar-refractivity contribution in [3.63, 3.8) is 0 Å². The van der Waals surface area contributed by atoms with Crippen molar-refractivity contribution in [3.8, 4) is 23.0 Å². The Labute approximate surface area is 654 Å². The second-order valence-electron chi connectivity index (χ2n) is 30.0. The van der Waals surface area contributed by atoms with Gasteiger partial charge >= 0.3 is 6.16 Å². The largest absolute Gasteiger partial charge is 0.508 e. The fraction of sp³-hybridized carbons (Fsp3) is 0.701. The Morgan fingerprint density at radius 1 is 0.274 bits per heavy atom. The van der Waals surface area contributed by atoms with Gasteiger partial charge in [0.05, 0.1) is 39.6 Å². The van der Waals surface area contributed by atoms with Crippen molar-refractivity contribution in [1.82, 2.24) is 9.80 Å². The van der Waals surface area contributed by atoms with Gasteiger partial charge in [0.2, 0.25) is 0 Å². The van der Waals surface area contributed by atoms with Gasteiger partial charge in [-0.05, 0) is 241 Å². The molecule has 0 atom stereocenters. The molecule has 0 fully saturated rings. The predicted molar refractivity (Wildman–Crippen MR) is 461 cm³/mol. The highest BCUT2D eigenvalue weighted by Crippen LogP contribution is 2.28. The third kappa shape index (κ3) is 64.7. The molecule has 0 spiro atoms. The number of rotatable bonds is 78. The minimum absolute atomic E-state index is 0.322. The highest BCUT2D eigenvalue weighted by molar-refractivity contribution is 5.59. The van der Waals surface area contributed by atoms with Gasteiger partial charge in [0.25, 0.3) is 0 Å². The minimum atomic E-state index is -0.590. The molecule has 0 bridgehead atoms. The van der Waals surface area contributed by atoms with Crippen molar-refractivity contribution in [3.05, 3.63) is 145 Å². The van der Waals surface area contributed by atoms with Crippen LogP contribution in [0.4, 0.5) is 4.79 Å². The Hall–Kier alpha value is -5.25. The van der Waals surface area contributed by atoms with Crippen LogP contribution < -0.4 is 18.9 Å². The quantitative estimate of drug-likeness (QED) is 0.0366. The van der Waals surface area contributed by atoms with Crippen molar-refractivity contribution in [2.24, 2.45) is 0 Å². The summed E-state index contributed by atoms with van der Waals surface area (Å²) in [6.45, 7) is 16.0. The SMILES string of the molecule is CCCCC/C=C\C/C=C\CCCCCCCCOc1ccc(OCCCCCCCC/C=C\C/C=C\CCCCC)c(CCN(C)CCCOC(=O)OCCCN(C)CCc2cc(OCCCCCCCC/C=C\C/C=C\CCCCC)ccc2OCCCCCCCC/C=C\C/C=C\CCCCC)c1. The lowest BCUT2D eigenvalue weighted by Crippen LogP contribution is -2.25. The van der Waals surface area contributed by atoms with Crippen LogP contribution in [0.15, 0.2) is 134 Å². The van der Waals surface area contributed by atoms with Crippen molar-refractivity contribution < 1.29 is 33.2 Å². The van der Waals surface area contributed by atoms with Gasteiger partial charge in [-0.25, -0.2) is 4.79 Å². The number of nitrogens with zero attached hydrogens (tertiary/aromatic N) is 2. The second-order valence-corrected chi connectivity index (χ2v) is 30.0. The predicted octanol–water partition coefficient (Wildman–Crippen LogP) is 29.0. The number of carbonyl (C=O) groups excluding carboxylic acids is 1. The van der Waals surface area contributed by atoms with E-state index < -0.39 is 6.16 Å². The van der Waals surface area contributed by atoms with E-state index in [0.717, 1.165) is 153 Å². The molecule has 2 aromatic rings. The van der Waals surface area contributed by atoms with Gasteiger partial charge in [-0.15, -0.1) is 0 Å². The van der Waals surface area contributed by atoms with E-state index in [-0.39, 0.29) is 0 Å². The van der Waals surface area contributed by atoms with Gasteiger partial charge < -0.3 is 38.2 Å². The van der Waals surface area contributed by atoms with Gasteiger partial charge in [-0.2, -0.15) is 0 Å². The second kappa shape index (κ2) is 77.9. The average Bonchev–Trinajstić information content (AvgIpc) is 0.867. The van der Waals surface area contributed by atoms with Crippen LogP contribution in [0.2, 0.25) is 0 Å². The summed E-state index contributed by atoms with van der Waals surface area (Å²) in [5.41, 5.74) is 2.37. The number of carbonyl (C=O) groups is 1. The molecule has 0 saturated carbocycles. The zero-order valence-electron chi connectivity index (χ0n) is 69.8. The molecule has 0 saturated heterocycles.